The number of amides is 3. The Balaban J connectivity index is 1.84. The molecule has 3 amide bonds. The Morgan fingerprint density at radius 2 is 1.89 bits per heavy atom. The predicted octanol–water partition coefficient (Wildman–Crippen LogP) is 4.24. The van der Waals surface area contributed by atoms with Gasteiger partial charge in [0.25, 0.3) is 5.91 Å². The average Bonchev–Trinajstić information content (AvgIpc) is 2.90. The fourth-order valence-electron chi connectivity index (χ4n) is 2.59. The standard InChI is InChI=1S/C20H13Cl2FN2O3/c1-2-7-28-18-14(21)8-12(9-15(18)22)10-17-19(26)25(20(27)24-17)11-13-5-3-4-6-16(13)23/h1,3-6,8-10H,7,11H2,(H,24,27)/b17-10+. The summed E-state index contributed by atoms with van der Waals surface area (Å²) in [5, 5.41) is 2.87. The molecule has 1 N–H and O–H groups in total. The van der Waals surface area contributed by atoms with Crippen LogP contribution < -0.4 is 10.1 Å². The highest BCUT2D eigenvalue weighted by Gasteiger charge is 2.34. The van der Waals surface area contributed by atoms with E-state index in [1.54, 1.807) is 6.07 Å². The zero-order valence-corrected chi connectivity index (χ0v) is 15.9. The lowest BCUT2D eigenvalue weighted by molar-refractivity contribution is -0.123. The summed E-state index contributed by atoms with van der Waals surface area (Å²) in [7, 11) is 0. The van der Waals surface area contributed by atoms with E-state index in [0.29, 0.717) is 5.56 Å². The second-order valence-corrected chi connectivity index (χ2v) is 6.59. The van der Waals surface area contributed by atoms with E-state index in [1.807, 2.05) is 0 Å². The molecule has 28 heavy (non-hydrogen) atoms. The molecule has 0 saturated carbocycles. The molecule has 1 aliphatic heterocycles. The Hall–Kier alpha value is -3.01. The van der Waals surface area contributed by atoms with Crippen LogP contribution in [0.1, 0.15) is 11.1 Å². The topological polar surface area (TPSA) is 58.6 Å². The van der Waals surface area contributed by atoms with E-state index in [1.165, 1.54) is 36.4 Å². The number of hydrogen-bond acceptors (Lipinski definition) is 3. The van der Waals surface area contributed by atoms with E-state index in [0.717, 1.165) is 4.90 Å². The second-order valence-electron chi connectivity index (χ2n) is 5.78. The second kappa shape index (κ2) is 8.34. The Bertz CT molecular complexity index is 1010. The summed E-state index contributed by atoms with van der Waals surface area (Å²) in [6.45, 7) is -0.186. The maximum atomic E-state index is 13.8. The Kier molecular flexibility index (Phi) is 5.88. The Morgan fingerprint density at radius 3 is 2.54 bits per heavy atom. The molecular weight excluding hydrogens is 406 g/mol. The minimum atomic E-state index is -0.648. The van der Waals surface area contributed by atoms with Gasteiger partial charge in [-0.05, 0) is 29.8 Å². The molecule has 8 heteroatoms. The van der Waals surface area contributed by atoms with Crippen molar-refractivity contribution in [3.63, 3.8) is 0 Å². The Morgan fingerprint density at radius 1 is 1.21 bits per heavy atom. The molecular formula is C20H13Cl2FN2O3. The number of urea groups is 1. The summed E-state index contributed by atoms with van der Waals surface area (Å²) >= 11 is 12.3. The molecule has 5 nitrogen and oxygen atoms in total. The molecule has 1 heterocycles. The molecule has 1 aliphatic rings. The quantitative estimate of drug-likeness (QED) is 0.448. The van der Waals surface area contributed by atoms with Gasteiger partial charge < -0.3 is 10.1 Å². The number of nitrogens with zero attached hydrogens (tertiary/aromatic N) is 1. The van der Waals surface area contributed by atoms with Crippen LogP contribution in [-0.2, 0) is 11.3 Å². The summed E-state index contributed by atoms with van der Waals surface area (Å²) in [5.41, 5.74) is 0.721. The molecule has 0 atom stereocenters. The van der Waals surface area contributed by atoms with Crippen molar-refractivity contribution in [1.29, 1.82) is 0 Å². The van der Waals surface area contributed by atoms with Gasteiger partial charge in [0.15, 0.2) is 5.75 Å². The first-order chi connectivity index (χ1) is 13.4. The van der Waals surface area contributed by atoms with Crippen LogP contribution in [0.2, 0.25) is 10.0 Å². The number of nitrogens with one attached hydrogen (secondary N) is 1. The van der Waals surface area contributed by atoms with Gasteiger partial charge in [0.05, 0.1) is 16.6 Å². The number of ether oxygens (including phenoxy) is 1. The SMILES string of the molecule is C#CCOc1c(Cl)cc(/C=C2/NC(=O)N(Cc3ccccc3F)C2=O)cc1Cl. The number of terminal acetylenes is 1. The van der Waals surface area contributed by atoms with Crippen LogP contribution in [-0.4, -0.2) is 23.4 Å². The highest BCUT2D eigenvalue weighted by molar-refractivity contribution is 6.37. The van der Waals surface area contributed by atoms with Crippen molar-refractivity contribution in [2.75, 3.05) is 6.61 Å². The Labute approximate surface area is 170 Å². The minimum absolute atomic E-state index is 0.000571. The average molecular weight is 419 g/mol. The molecule has 0 radical (unpaired) electrons. The van der Waals surface area contributed by atoms with E-state index < -0.39 is 17.8 Å². The maximum Gasteiger partial charge on any atom is 0.329 e. The first-order valence-corrected chi connectivity index (χ1v) is 8.79. The normalized spacial score (nSPS) is 14.9. The molecule has 0 aliphatic carbocycles. The van der Waals surface area contributed by atoms with Crippen LogP contribution in [0.15, 0.2) is 42.1 Å². The van der Waals surface area contributed by atoms with Crippen molar-refractivity contribution in [3.05, 3.63) is 69.1 Å². The van der Waals surface area contributed by atoms with Gasteiger partial charge in [-0.3, -0.25) is 9.69 Å². The van der Waals surface area contributed by atoms with Gasteiger partial charge in [-0.2, -0.15) is 0 Å². The van der Waals surface area contributed by atoms with E-state index in [9.17, 15) is 14.0 Å². The molecule has 3 rings (SSSR count). The van der Waals surface area contributed by atoms with E-state index in [4.69, 9.17) is 34.4 Å². The van der Waals surface area contributed by atoms with Crippen molar-refractivity contribution >= 4 is 41.2 Å². The van der Waals surface area contributed by atoms with Gasteiger partial charge in [0, 0.05) is 5.56 Å². The molecule has 1 saturated heterocycles. The molecule has 2 aromatic carbocycles. The summed E-state index contributed by atoms with van der Waals surface area (Å²) in [6, 6.07) is 8.31. The van der Waals surface area contributed by atoms with Crippen molar-refractivity contribution in [2.24, 2.45) is 0 Å². The lowest BCUT2D eigenvalue weighted by Gasteiger charge is -2.12. The van der Waals surface area contributed by atoms with Gasteiger partial charge in [0.2, 0.25) is 0 Å². The third-order valence-electron chi connectivity index (χ3n) is 3.88. The van der Waals surface area contributed by atoms with Crippen LogP contribution in [0.5, 0.6) is 5.75 Å². The lowest BCUT2D eigenvalue weighted by Crippen LogP contribution is -2.30. The highest BCUT2D eigenvalue weighted by Crippen LogP contribution is 2.35. The van der Waals surface area contributed by atoms with Gasteiger partial charge >= 0.3 is 6.03 Å². The van der Waals surface area contributed by atoms with Crippen molar-refractivity contribution < 1.29 is 18.7 Å². The zero-order chi connectivity index (χ0) is 20.3. The van der Waals surface area contributed by atoms with Crippen LogP contribution in [0.4, 0.5) is 9.18 Å². The number of hydrogen-bond donors (Lipinski definition) is 1. The van der Waals surface area contributed by atoms with Gasteiger partial charge in [-0.15, -0.1) is 6.42 Å². The molecule has 0 bridgehead atoms. The van der Waals surface area contributed by atoms with E-state index in [-0.39, 0.29) is 40.2 Å². The monoisotopic (exact) mass is 418 g/mol. The number of rotatable bonds is 5. The van der Waals surface area contributed by atoms with Crippen LogP contribution >= 0.6 is 23.2 Å². The van der Waals surface area contributed by atoms with Gasteiger partial charge in [-0.1, -0.05) is 47.3 Å². The lowest BCUT2D eigenvalue weighted by atomic mass is 10.1. The number of carbonyl (C=O) groups excluding carboxylic acids is 2. The fourth-order valence-corrected chi connectivity index (χ4v) is 3.21. The van der Waals surface area contributed by atoms with Crippen LogP contribution in [0.25, 0.3) is 6.08 Å². The molecule has 0 unspecified atom stereocenters. The zero-order valence-electron chi connectivity index (χ0n) is 14.3. The number of carbonyl (C=O) groups is 2. The largest absolute Gasteiger partial charge is 0.478 e. The summed E-state index contributed by atoms with van der Waals surface area (Å²) in [5.74, 6) is 1.45. The van der Waals surface area contributed by atoms with Gasteiger partial charge in [-0.25, -0.2) is 9.18 Å². The van der Waals surface area contributed by atoms with E-state index in [2.05, 4.69) is 11.2 Å². The first kappa shape index (κ1) is 19.7. The highest BCUT2D eigenvalue weighted by atomic mass is 35.5. The van der Waals surface area contributed by atoms with Gasteiger partial charge in [0.1, 0.15) is 18.1 Å². The number of imide groups is 1. The van der Waals surface area contributed by atoms with Crippen molar-refractivity contribution in [2.45, 2.75) is 6.54 Å². The smallest absolute Gasteiger partial charge is 0.329 e. The van der Waals surface area contributed by atoms with Crippen molar-refractivity contribution in [3.8, 4) is 18.1 Å². The minimum Gasteiger partial charge on any atom is -0.478 e. The third kappa shape index (κ3) is 4.11. The number of benzene rings is 2. The summed E-state index contributed by atoms with van der Waals surface area (Å²) < 4.78 is 19.1. The van der Waals surface area contributed by atoms with Crippen molar-refractivity contribution in [1.82, 2.24) is 10.2 Å². The predicted molar refractivity (Wildman–Crippen MR) is 104 cm³/mol. The summed E-state index contributed by atoms with van der Waals surface area (Å²) in [4.78, 5) is 25.6. The third-order valence-corrected chi connectivity index (χ3v) is 4.44. The molecule has 0 aromatic heterocycles. The fraction of sp³-hybridized carbons (Fsp3) is 0.100. The van der Waals surface area contributed by atoms with E-state index >= 15 is 0 Å². The molecule has 142 valence electrons. The molecule has 1 fully saturated rings. The molecule has 2 aromatic rings. The first-order valence-electron chi connectivity index (χ1n) is 8.04. The van der Waals surface area contributed by atoms with Crippen LogP contribution in [0, 0.1) is 18.2 Å². The molecule has 0 spiro atoms. The van der Waals surface area contributed by atoms with Crippen LogP contribution in [0.3, 0.4) is 0 Å². The maximum absolute atomic E-state index is 13.8. The number of halogens is 3. The summed E-state index contributed by atoms with van der Waals surface area (Å²) in [6.07, 6.45) is 6.57.